The molecule has 0 aromatic carbocycles. The Morgan fingerprint density at radius 2 is 1.82 bits per heavy atom. The monoisotopic (exact) mass is 236 g/mol. The van der Waals surface area contributed by atoms with Gasteiger partial charge in [0.25, 0.3) is 0 Å². The Kier molecular flexibility index (Phi) is 5.19. The second-order valence-electron chi connectivity index (χ2n) is 4.78. The molecule has 0 radical (unpaired) electrons. The third-order valence-electron chi connectivity index (χ3n) is 3.01. The minimum absolute atomic E-state index is 0.401. The fourth-order valence-corrected chi connectivity index (χ4v) is 1.70. The summed E-state index contributed by atoms with van der Waals surface area (Å²) in [6.07, 6.45) is 2.78. The van der Waals surface area contributed by atoms with Gasteiger partial charge in [-0.1, -0.05) is 34.1 Å². The van der Waals surface area contributed by atoms with Gasteiger partial charge in [0.2, 0.25) is 0 Å². The molecular weight excluding hydrogens is 212 g/mol. The van der Waals surface area contributed by atoms with Crippen LogP contribution < -0.4 is 10.6 Å². The van der Waals surface area contributed by atoms with Crippen LogP contribution in [-0.4, -0.2) is 23.6 Å². The van der Waals surface area contributed by atoms with Crippen molar-refractivity contribution >= 4 is 11.6 Å². The minimum atomic E-state index is 0.401. The maximum absolute atomic E-state index is 4.35. The van der Waals surface area contributed by atoms with Gasteiger partial charge in [0.15, 0.2) is 0 Å². The van der Waals surface area contributed by atoms with E-state index < -0.39 is 0 Å². The molecule has 1 aromatic rings. The maximum Gasteiger partial charge on any atom is 0.134 e. The van der Waals surface area contributed by atoms with Crippen LogP contribution >= 0.6 is 0 Å². The summed E-state index contributed by atoms with van der Waals surface area (Å²) in [5.74, 6) is 2.93. The predicted octanol–water partition coefficient (Wildman–Crippen LogP) is 3.10. The topological polar surface area (TPSA) is 49.8 Å². The first kappa shape index (κ1) is 13.7. The molecule has 1 heterocycles. The van der Waals surface area contributed by atoms with Crippen molar-refractivity contribution in [2.24, 2.45) is 5.92 Å². The summed E-state index contributed by atoms with van der Waals surface area (Å²) < 4.78 is 0. The minimum Gasteiger partial charge on any atom is -0.373 e. The average Bonchev–Trinajstić information content (AvgIpc) is 2.34. The van der Waals surface area contributed by atoms with Crippen LogP contribution in [0, 0.1) is 5.92 Å². The van der Waals surface area contributed by atoms with Crippen molar-refractivity contribution in [3.05, 3.63) is 11.9 Å². The van der Waals surface area contributed by atoms with Crippen LogP contribution in [0.15, 0.2) is 6.33 Å². The standard InChI is InChI=1S/C13H24N4/c1-6-10(4)7-15-13-11(9(2)3)12(14-5)16-8-17-13/h8-10H,6-7H2,1-5H3,(H2,14,15,16,17). The van der Waals surface area contributed by atoms with Gasteiger partial charge in [0, 0.05) is 19.2 Å². The van der Waals surface area contributed by atoms with Gasteiger partial charge in [-0.15, -0.1) is 0 Å². The first-order valence-corrected chi connectivity index (χ1v) is 6.36. The van der Waals surface area contributed by atoms with Crippen LogP contribution in [0.4, 0.5) is 11.6 Å². The van der Waals surface area contributed by atoms with Gasteiger partial charge in [0.1, 0.15) is 18.0 Å². The molecule has 4 heteroatoms. The van der Waals surface area contributed by atoms with E-state index in [2.05, 4.69) is 48.3 Å². The molecule has 1 aromatic heterocycles. The summed E-state index contributed by atoms with van der Waals surface area (Å²) in [5.41, 5.74) is 1.17. The van der Waals surface area contributed by atoms with Crippen LogP contribution in [0.5, 0.6) is 0 Å². The second-order valence-corrected chi connectivity index (χ2v) is 4.78. The number of nitrogens with zero attached hydrogens (tertiary/aromatic N) is 2. The quantitative estimate of drug-likeness (QED) is 0.797. The lowest BCUT2D eigenvalue weighted by Crippen LogP contribution is -2.14. The lowest BCUT2D eigenvalue weighted by molar-refractivity contribution is 0.591. The van der Waals surface area contributed by atoms with Gasteiger partial charge in [-0.05, 0) is 11.8 Å². The van der Waals surface area contributed by atoms with Crippen LogP contribution in [0.1, 0.15) is 45.6 Å². The highest BCUT2D eigenvalue weighted by Crippen LogP contribution is 2.28. The third kappa shape index (κ3) is 3.58. The van der Waals surface area contributed by atoms with Crippen molar-refractivity contribution in [2.75, 3.05) is 24.2 Å². The molecule has 0 spiro atoms. The first-order chi connectivity index (χ1) is 8.10. The molecule has 96 valence electrons. The van der Waals surface area contributed by atoms with E-state index in [1.165, 1.54) is 12.0 Å². The second kappa shape index (κ2) is 6.42. The molecule has 4 nitrogen and oxygen atoms in total. The van der Waals surface area contributed by atoms with E-state index in [0.717, 1.165) is 18.2 Å². The Hall–Kier alpha value is -1.32. The van der Waals surface area contributed by atoms with Gasteiger partial charge >= 0.3 is 0 Å². The highest BCUT2D eigenvalue weighted by Gasteiger charge is 2.14. The van der Waals surface area contributed by atoms with Gasteiger partial charge in [0.05, 0.1) is 0 Å². The van der Waals surface area contributed by atoms with E-state index in [1.807, 2.05) is 7.05 Å². The highest BCUT2D eigenvalue weighted by molar-refractivity contribution is 5.58. The third-order valence-corrected chi connectivity index (χ3v) is 3.01. The number of anilines is 2. The molecule has 0 saturated heterocycles. The lowest BCUT2D eigenvalue weighted by Gasteiger charge is -2.18. The SMILES string of the molecule is CCC(C)CNc1ncnc(NC)c1C(C)C. The summed E-state index contributed by atoms with van der Waals surface area (Å²) in [7, 11) is 1.90. The fourth-order valence-electron chi connectivity index (χ4n) is 1.70. The predicted molar refractivity (Wildman–Crippen MR) is 73.6 cm³/mol. The van der Waals surface area contributed by atoms with Crippen molar-refractivity contribution < 1.29 is 0 Å². The van der Waals surface area contributed by atoms with E-state index in [9.17, 15) is 0 Å². The zero-order valence-corrected chi connectivity index (χ0v) is 11.5. The molecule has 1 unspecified atom stereocenters. The molecule has 0 bridgehead atoms. The van der Waals surface area contributed by atoms with Crippen LogP contribution in [0.2, 0.25) is 0 Å². The molecule has 0 fully saturated rings. The van der Waals surface area contributed by atoms with E-state index in [1.54, 1.807) is 6.33 Å². The van der Waals surface area contributed by atoms with Gasteiger partial charge in [-0.2, -0.15) is 0 Å². The molecule has 0 amide bonds. The number of nitrogens with one attached hydrogen (secondary N) is 2. The summed E-state index contributed by atoms with van der Waals surface area (Å²) in [6.45, 7) is 9.72. The number of hydrogen-bond acceptors (Lipinski definition) is 4. The van der Waals surface area contributed by atoms with E-state index >= 15 is 0 Å². The Bertz CT molecular complexity index is 349. The van der Waals surface area contributed by atoms with Crippen molar-refractivity contribution in [3.63, 3.8) is 0 Å². The molecule has 1 atom stereocenters. The smallest absolute Gasteiger partial charge is 0.134 e. The van der Waals surface area contributed by atoms with Gasteiger partial charge < -0.3 is 10.6 Å². The van der Waals surface area contributed by atoms with Gasteiger partial charge in [-0.3, -0.25) is 0 Å². The van der Waals surface area contributed by atoms with Crippen molar-refractivity contribution in [1.29, 1.82) is 0 Å². The Labute approximate surface area is 104 Å². The van der Waals surface area contributed by atoms with Crippen molar-refractivity contribution in [3.8, 4) is 0 Å². The first-order valence-electron chi connectivity index (χ1n) is 6.36. The zero-order chi connectivity index (χ0) is 12.8. The van der Waals surface area contributed by atoms with Crippen molar-refractivity contribution in [1.82, 2.24) is 9.97 Å². The van der Waals surface area contributed by atoms with Gasteiger partial charge in [-0.25, -0.2) is 9.97 Å². The normalized spacial score (nSPS) is 12.6. The molecule has 0 saturated carbocycles. The molecule has 1 rings (SSSR count). The number of rotatable bonds is 6. The summed E-state index contributed by atoms with van der Waals surface area (Å²) in [6, 6.07) is 0. The Morgan fingerprint density at radius 1 is 1.18 bits per heavy atom. The maximum atomic E-state index is 4.35. The molecule has 17 heavy (non-hydrogen) atoms. The molecular formula is C13H24N4. The zero-order valence-electron chi connectivity index (χ0n) is 11.5. The summed E-state index contributed by atoms with van der Waals surface area (Å²) >= 11 is 0. The van der Waals surface area contributed by atoms with Crippen LogP contribution in [-0.2, 0) is 0 Å². The number of aromatic nitrogens is 2. The van der Waals surface area contributed by atoms with Crippen LogP contribution in [0.25, 0.3) is 0 Å². The van der Waals surface area contributed by atoms with E-state index in [0.29, 0.717) is 11.8 Å². The lowest BCUT2D eigenvalue weighted by atomic mass is 10.0. The molecule has 0 aliphatic rings. The largest absolute Gasteiger partial charge is 0.373 e. The molecule has 2 N–H and O–H groups in total. The fraction of sp³-hybridized carbons (Fsp3) is 0.692. The molecule has 0 aliphatic carbocycles. The van der Waals surface area contributed by atoms with E-state index in [-0.39, 0.29) is 0 Å². The van der Waals surface area contributed by atoms with E-state index in [4.69, 9.17) is 0 Å². The van der Waals surface area contributed by atoms with Crippen LogP contribution in [0.3, 0.4) is 0 Å². The highest BCUT2D eigenvalue weighted by atomic mass is 15.1. The number of hydrogen-bond donors (Lipinski definition) is 2. The Morgan fingerprint density at radius 3 is 2.35 bits per heavy atom. The summed E-state index contributed by atoms with van der Waals surface area (Å²) in [4.78, 5) is 8.62. The average molecular weight is 236 g/mol. The summed E-state index contributed by atoms with van der Waals surface area (Å²) in [5, 5.41) is 6.56. The molecule has 0 aliphatic heterocycles. The van der Waals surface area contributed by atoms with Crippen molar-refractivity contribution in [2.45, 2.75) is 40.0 Å². The Balaban J connectivity index is 2.90.